The van der Waals surface area contributed by atoms with Crippen LogP contribution >= 0.6 is 0 Å². The summed E-state index contributed by atoms with van der Waals surface area (Å²) in [5, 5.41) is 16.3. The van der Waals surface area contributed by atoms with Crippen LogP contribution in [0.2, 0.25) is 0 Å². The molecule has 0 amide bonds. The number of aliphatic carboxylic acids is 1. The van der Waals surface area contributed by atoms with Crippen molar-refractivity contribution >= 4 is 5.97 Å². The molecule has 0 saturated carbocycles. The molecule has 0 aliphatic carbocycles. The van der Waals surface area contributed by atoms with Crippen LogP contribution in [-0.4, -0.2) is 11.1 Å². The van der Waals surface area contributed by atoms with Crippen molar-refractivity contribution in [2.75, 3.05) is 0 Å². The van der Waals surface area contributed by atoms with Crippen molar-refractivity contribution in [3.05, 3.63) is 71.8 Å². The minimum atomic E-state index is -1.15. The molecule has 0 aliphatic rings. The number of allylic oxidation sites excluding steroid dienone is 1. The summed E-state index contributed by atoms with van der Waals surface area (Å²) in [5.74, 6) is -1.15. The third-order valence-electron chi connectivity index (χ3n) is 2.45. The monoisotopic (exact) mass is 339 g/mol. The number of aryl methyl sites for hydroxylation is 1. The Hall–Kier alpha value is -2.08. The van der Waals surface area contributed by atoms with E-state index in [9.17, 15) is 4.79 Å². The van der Waals surface area contributed by atoms with Crippen LogP contribution in [0, 0.1) is 11.3 Å². The van der Waals surface area contributed by atoms with Gasteiger partial charge in [0.15, 0.2) is 0 Å². The molecule has 0 aliphatic heterocycles. The number of rotatable bonds is 3. The van der Waals surface area contributed by atoms with Gasteiger partial charge in [-0.15, -0.1) is 0 Å². The second-order valence-electron chi connectivity index (χ2n) is 4.05. The largest absolute Gasteiger partial charge is 0.748 e. The molecular formula is C18H21FeNO2-6. The van der Waals surface area contributed by atoms with Gasteiger partial charge >= 0.3 is 5.97 Å². The molecule has 0 atom stereocenters. The average molecular weight is 339 g/mol. The van der Waals surface area contributed by atoms with Crippen LogP contribution in [0.15, 0.2) is 66.2 Å². The van der Waals surface area contributed by atoms with Crippen molar-refractivity contribution in [1.29, 1.82) is 5.26 Å². The molecule has 3 nitrogen and oxygen atoms in total. The summed E-state index contributed by atoms with van der Waals surface area (Å²) in [6, 6.07) is 20.0. The van der Waals surface area contributed by atoms with E-state index in [1.54, 1.807) is 13.0 Å². The summed E-state index contributed by atoms with van der Waals surface area (Å²) in [4.78, 5) is 10.0. The molecule has 2 rings (SSSR count). The molecule has 1 N–H and O–H groups in total. The number of hydrogen-bond acceptors (Lipinski definition) is 2. The molecular weight excluding hydrogens is 318 g/mol. The van der Waals surface area contributed by atoms with Crippen LogP contribution in [-0.2, 0) is 28.3 Å². The first kappa shape index (κ1) is 22.2. The fraction of sp³-hybridized carbons (Fsp3) is 0.222. The maximum atomic E-state index is 10.0. The zero-order chi connectivity index (χ0) is 15.9. The number of carboxylic acid groups (broad SMARTS) is 1. The molecule has 4 heteroatoms. The van der Waals surface area contributed by atoms with Crippen molar-refractivity contribution in [2.45, 2.75) is 26.7 Å². The van der Waals surface area contributed by atoms with Gasteiger partial charge in [0.1, 0.15) is 11.6 Å². The normalized spacial score (nSPS) is 9.05. The second kappa shape index (κ2) is 15.3. The van der Waals surface area contributed by atoms with Gasteiger partial charge in [-0.05, 0) is 6.42 Å². The fourth-order valence-corrected chi connectivity index (χ4v) is 1.36. The van der Waals surface area contributed by atoms with Gasteiger partial charge in [-0.3, -0.25) is 0 Å². The van der Waals surface area contributed by atoms with Gasteiger partial charge in [0.2, 0.25) is 0 Å². The fourth-order valence-electron chi connectivity index (χ4n) is 1.36. The quantitative estimate of drug-likeness (QED) is 0.392. The van der Waals surface area contributed by atoms with Crippen LogP contribution in [0.4, 0.5) is 0 Å². The SMILES string of the molecule is CCC=C(C#N)C(=O)O.CC[c-]1cccc1.[Fe].[cH-]1[cH-][cH-][cH-][cH-]1. The summed E-state index contributed by atoms with van der Waals surface area (Å²) in [6.07, 6.45) is 3.12. The molecule has 124 valence electrons. The van der Waals surface area contributed by atoms with Crippen LogP contribution in [0.3, 0.4) is 0 Å². The minimum Gasteiger partial charge on any atom is -0.748 e. The van der Waals surface area contributed by atoms with E-state index in [-0.39, 0.29) is 22.6 Å². The Morgan fingerprint density at radius 2 is 1.64 bits per heavy atom. The summed E-state index contributed by atoms with van der Waals surface area (Å²) in [6.45, 7) is 3.94. The van der Waals surface area contributed by atoms with Crippen molar-refractivity contribution in [3.8, 4) is 6.07 Å². The van der Waals surface area contributed by atoms with Crippen LogP contribution in [0.5, 0.6) is 0 Å². The van der Waals surface area contributed by atoms with Crippen molar-refractivity contribution in [1.82, 2.24) is 0 Å². The van der Waals surface area contributed by atoms with Crippen LogP contribution in [0.1, 0.15) is 25.8 Å². The number of nitriles is 1. The summed E-state index contributed by atoms with van der Waals surface area (Å²) in [7, 11) is 0. The third kappa shape index (κ3) is 11.7. The molecule has 0 heterocycles. The van der Waals surface area contributed by atoms with E-state index < -0.39 is 5.97 Å². The number of nitrogens with zero attached hydrogens (tertiary/aromatic N) is 1. The Balaban J connectivity index is 0. The molecule has 0 spiro atoms. The van der Waals surface area contributed by atoms with E-state index in [1.807, 2.05) is 30.3 Å². The Morgan fingerprint density at radius 3 is 1.82 bits per heavy atom. The second-order valence-corrected chi connectivity index (χ2v) is 4.05. The maximum Gasteiger partial charge on any atom is 0.346 e. The zero-order valence-electron chi connectivity index (χ0n) is 12.8. The van der Waals surface area contributed by atoms with Gasteiger partial charge in [0, 0.05) is 17.1 Å². The van der Waals surface area contributed by atoms with E-state index in [1.165, 1.54) is 11.6 Å². The molecule has 0 saturated heterocycles. The summed E-state index contributed by atoms with van der Waals surface area (Å²) >= 11 is 0. The molecule has 2 aromatic carbocycles. The van der Waals surface area contributed by atoms with E-state index >= 15 is 0 Å². The van der Waals surface area contributed by atoms with Gasteiger partial charge in [0.25, 0.3) is 0 Å². The summed E-state index contributed by atoms with van der Waals surface area (Å²) in [5.41, 5.74) is 1.25. The van der Waals surface area contributed by atoms with Gasteiger partial charge in [0.05, 0.1) is 0 Å². The Kier molecular flexibility index (Phi) is 15.5. The number of carbonyl (C=O) groups is 1. The van der Waals surface area contributed by atoms with Crippen molar-refractivity contribution < 1.29 is 27.0 Å². The van der Waals surface area contributed by atoms with Gasteiger partial charge in [-0.25, -0.2) is 16.9 Å². The standard InChI is InChI=1S/C7H9.C6H7NO2.C5H5.Fe/c1-2-7-5-3-4-6-7;1-2-3-5(4-7)6(8)9;1-2-4-5-3-1;/h3-6H,2H2,1H3;3H,2H2,1H3,(H,8,9);1-5H;/q-1;;-5;. The molecule has 0 fully saturated rings. The first-order chi connectivity index (χ1) is 10.2. The van der Waals surface area contributed by atoms with Gasteiger partial charge in [-0.1, -0.05) is 26.3 Å². The minimum absolute atomic E-state index is 0. The van der Waals surface area contributed by atoms with E-state index in [4.69, 9.17) is 10.4 Å². The number of hydrogen-bond donors (Lipinski definition) is 1. The topological polar surface area (TPSA) is 61.1 Å². The molecule has 0 aromatic heterocycles. The first-order valence-electron chi connectivity index (χ1n) is 6.86. The Morgan fingerprint density at radius 1 is 1.18 bits per heavy atom. The summed E-state index contributed by atoms with van der Waals surface area (Å²) < 4.78 is 0. The van der Waals surface area contributed by atoms with Crippen molar-refractivity contribution in [2.24, 2.45) is 0 Å². The van der Waals surface area contributed by atoms with E-state index in [2.05, 4.69) is 31.2 Å². The molecule has 2 aromatic rings. The predicted octanol–water partition coefficient (Wildman–Crippen LogP) is 4.30. The molecule has 0 bridgehead atoms. The Labute approximate surface area is 143 Å². The third-order valence-corrected chi connectivity index (χ3v) is 2.45. The van der Waals surface area contributed by atoms with Gasteiger partial charge in [-0.2, -0.15) is 23.0 Å². The smallest absolute Gasteiger partial charge is 0.346 e. The molecule has 22 heavy (non-hydrogen) atoms. The average Bonchev–Trinajstić information content (AvgIpc) is 3.19. The first-order valence-corrected chi connectivity index (χ1v) is 6.86. The zero-order valence-corrected chi connectivity index (χ0v) is 13.9. The van der Waals surface area contributed by atoms with Crippen LogP contribution < -0.4 is 0 Å². The predicted molar refractivity (Wildman–Crippen MR) is 85.1 cm³/mol. The van der Waals surface area contributed by atoms with Crippen LogP contribution in [0.25, 0.3) is 0 Å². The van der Waals surface area contributed by atoms with E-state index in [0.29, 0.717) is 6.42 Å². The van der Waals surface area contributed by atoms with Crippen molar-refractivity contribution in [3.63, 3.8) is 0 Å². The van der Waals surface area contributed by atoms with Gasteiger partial charge < -0.3 is 35.4 Å². The van der Waals surface area contributed by atoms with E-state index in [0.717, 1.165) is 6.42 Å². The molecule has 0 unspecified atom stereocenters. The maximum absolute atomic E-state index is 10.0. The molecule has 0 radical (unpaired) electrons. The Bertz CT molecular complexity index is 517. The number of carboxylic acids is 1.